The van der Waals surface area contributed by atoms with Crippen LogP contribution in [0.15, 0.2) is 53.0 Å². The van der Waals surface area contributed by atoms with Crippen molar-refractivity contribution in [3.63, 3.8) is 0 Å². The molecule has 0 N–H and O–H groups in total. The molecule has 0 unspecified atom stereocenters. The SMILES string of the molecule is O=C(Cc1ccccc1)Cc1ccc(F)cc1Br. The van der Waals surface area contributed by atoms with Crippen LogP contribution in [-0.2, 0) is 17.6 Å². The van der Waals surface area contributed by atoms with Gasteiger partial charge in [-0.3, -0.25) is 4.79 Å². The van der Waals surface area contributed by atoms with Crippen molar-refractivity contribution >= 4 is 21.7 Å². The number of ketones is 1. The molecule has 0 amide bonds. The van der Waals surface area contributed by atoms with Crippen LogP contribution >= 0.6 is 15.9 Å². The number of hydrogen-bond acceptors (Lipinski definition) is 1. The molecular formula is C15H12BrFO. The summed E-state index contributed by atoms with van der Waals surface area (Å²) in [6, 6.07) is 14.0. The molecule has 0 atom stereocenters. The predicted octanol–water partition coefficient (Wildman–Crippen LogP) is 3.94. The first kappa shape index (κ1) is 13.0. The van der Waals surface area contributed by atoms with E-state index >= 15 is 0 Å². The molecular weight excluding hydrogens is 295 g/mol. The van der Waals surface area contributed by atoms with Crippen molar-refractivity contribution in [2.24, 2.45) is 0 Å². The number of hydrogen-bond donors (Lipinski definition) is 0. The lowest BCUT2D eigenvalue weighted by Crippen LogP contribution is -2.07. The second-order valence-electron chi connectivity index (χ2n) is 4.11. The Morgan fingerprint density at radius 2 is 1.78 bits per heavy atom. The summed E-state index contributed by atoms with van der Waals surface area (Å²) in [4.78, 5) is 11.9. The molecule has 0 aliphatic rings. The smallest absolute Gasteiger partial charge is 0.141 e. The third-order valence-corrected chi connectivity index (χ3v) is 3.39. The van der Waals surface area contributed by atoms with Gasteiger partial charge in [0.2, 0.25) is 0 Å². The molecule has 0 heterocycles. The summed E-state index contributed by atoms with van der Waals surface area (Å²) in [6.45, 7) is 0. The van der Waals surface area contributed by atoms with Crippen LogP contribution in [-0.4, -0.2) is 5.78 Å². The van der Waals surface area contributed by atoms with Crippen molar-refractivity contribution in [1.29, 1.82) is 0 Å². The third-order valence-electron chi connectivity index (χ3n) is 2.65. The highest BCUT2D eigenvalue weighted by molar-refractivity contribution is 9.10. The normalized spacial score (nSPS) is 10.3. The van der Waals surface area contributed by atoms with Crippen molar-refractivity contribution in [2.75, 3.05) is 0 Å². The van der Waals surface area contributed by atoms with Gasteiger partial charge in [-0.05, 0) is 23.3 Å². The number of rotatable bonds is 4. The van der Waals surface area contributed by atoms with Crippen LogP contribution in [0, 0.1) is 5.82 Å². The highest BCUT2D eigenvalue weighted by Crippen LogP contribution is 2.19. The van der Waals surface area contributed by atoms with Gasteiger partial charge in [0, 0.05) is 17.3 Å². The van der Waals surface area contributed by atoms with Crippen LogP contribution in [0.5, 0.6) is 0 Å². The largest absolute Gasteiger partial charge is 0.299 e. The Balaban J connectivity index is 2.03. The molecule has 2 aromatic rings. The Morgan fingerprint density at radius 1 is 1.06 bits per heavy atom. The van der Waals surface area contributed by atoms with E-state index in [0.29, 0.717) is 17.3 Å². The van der Waals surface area contributed by atoms with E-state index in [0.717, 1.165) is 11.1 Å². The summed E-state index contributed by atoms with van der Waals surface area (Å²) in [7, 11) is 0. The highest BCUT2D eigenvalue weighted by Gasteiger charge is 2.08. The van der Waals surface area contributed by atoms with Gasteiger partial charge in [0.1, 0.15) is 11.6 Å². The summed E-state index contributed by atoms with van der Waals surface area (Å²) in [5.74, 6) is -0.186. The molecule has 0 aromatic heterocycles. The fourth-order valence-corrected chi connectivity index (χ4v) is 2.25. The van der Waals surface area contributed by atoms with E-state index in [9.17, 15) is 9.18 Å². The second kappa shape index (κ2) is 5.91. The molecule has 0 saturated carbocycles. The minimum Gasteiger partial charge on any atom is -0.299 e. The number of benzene rings is 2. The molecule has 0 spiro atoms. The number of carbonyl (C=O) groups excluding carboxylic acids is 1. The Labute approximate surface area is 114 Å². The summed E-state index contributed by atoms with van der Waals surface area (Å²) in [6.07, 6.45) is 0.723. The summed E-state index contributed by atoms with van der Waals surface area (Å²) >= 11 is 3.27. The maximum atomic E-state index is 12.9. The van der Waals surface area contributed by atoms with E-state index in [-0.39, 0.29) is 11.6 Å². The van der Waals surface area contributed by atoms with Crippen molar-refractivity contribution in [1.82, 2.24) is 0 Å². The molecule has 0 bridgehead atoms. The maximum Gasteiger partial charge on any atom is 0.141 e. The Kier molecular flexibility index (Phi) is 4.26. The van der Waals surface area contributed by atoms with Crippen LogP contribution in [0.3, 0.4) is 0 Å². The monoisotopic (exact) mass is 306 g/mol. The van der Waals surface area contributed by atoms with Gasteiger partial charge in [0.05, 0.1) is 0 Å². The van der Waals surface area contributed by atoms with Gasteiger partial charge in [-0.15, -0.1) is 0 Å². The fourth-order valence-electron chi connectivity index (χ4n) is 1.76. The first-order valence-electron chi connectivity index (χ1n) is 5.65. The van der Waals surface area contributed by atoms with Gasteiger partial charge < -0.3 is 0 Å². The molecule has 1 nitrogen and oxygen atoms in total. The summed E-state index contributed by atoms with van der Waals surface area (Å²) in [5.41, 5.74) is 1.82. The molecule has 2 rings (SSSR count). The van der Waals surface area contributed by atoms with E-state index < -0.39 is 0 Å². The molecule has 0 fully saturated rings. The first-order chi connectivity index (χ1) is 8.65. The molecule has 0 saturated heterocycles. The molecule has 92 valence electrons. The van der Waals surface area contributed by atoms with Crippen molar-refractivity contribution in [3.8, 4) is 0 Å². The predicted molar refractivity (Wildman–Crippen MR) is 73.0 cm³/mol. The average Bonchev–Trinajstić information content (AvgIpc) is 2.34. The van der Waals surface area contributed by atoms with Gasteiger partial charge in [0.15, 0.2) is 0 Å². The lowest BCUT2D eigenvalue weighted by atomic mass is 10.0. The average molecular weight is 307 g/mol. The quantitative estimate of drug-likeness (QED) is 0.836. The van der Waals surface area contributed by atoms with Gasteiger partial charge in [-0.1, -0.05) is 52.3 Å². The van der Waals surface area contributed by atoms with Crippen LogP contribution in [0.2, 0.25) is 0 Å². The van der Waals surface area contributed by atoms with E-state index in [1.807, 2.05) is 30.3 Å². The first-order valence-corrected chi connectivity index (χ1v) is 6.44. The molecule has 0 aliphatic carbocycles. The summed E-state index contributed by atoms with van der Waals surface area (Å²) < 4.78 is 13.6. The third kappa shape index (κ3) is 3.50. The van der Waals surface area contributed by atoms with Crippen LogP contribution in [0.25, 0.3) is 0 Å². The maximum absolute atomic E-state index is 12.9. The van der Waals surface area contributed by atoms with E-state index in [4.69, 9.17) is 0 Å². The van der Waals surface area contributed by atoms with Crippen LogP contribution in [0.1, 0.15) is 11.1 Å². The molecule has 3 heteroatoms. The fraction of sp³-hybridized carbons (Fsp3) is 0.133. The molecule has 2 aromatic carbocycles. The van der Waals surface area contributed by atoms with Crippen LogP contribution in [0.4, 0.5) is 4.39 Å². The zero-order valence-corrected chi connectivity index (χ0v) is 11.3. The molecule has 18 heavy (non-hydrogen) atoms. The summed E-state index contributed by atoms with van der Waals surface area (Å²) in [5, 5.41) is 0. The number of carbonyl (C=O) groups is 1. The lowest BCUT2D eigenvalue weighted by molar-refractivity contribution is -0.117. The lowest BCUT2D eigenvalue weighted by Gasteiger charge is -2.04. The van der Waals surface area contributed by atoms with E-state index in [1.165, 1.54) is 12.1 Å². The van der Waals surface area contributed by atoms with Gasteiger partial charge in [-0.2, -0.15) is 0 Å². The second-order valence-corrected chi connectivity index (χ2v) is 4.97. The van der Waals surface area contributed by atoms with Crippen molar-refractivity contribution in [2.45, 2.75) is 12.8 Å². The van der Waals surface area contributed by atoms with Crippen molar-refractivity contribution < 1.29 is 9.18 Å². The zero-order chi connectivity index (χ0) is 13.0. The van der Waals surface area contributed by atoms with Gasteiger partial charge in [0.25, 0.3) is 0 Å². The highest BCUT2D eigenvalue weighted by atomic mass is 79.9. The number of Topliss-reactive ketones (excluding diaryl/α,β-unsaturated/α-hetero) is 1. The minimum absolute atomic E-state index is 0.119. The topological polar surface area (TPSA) is 17.1 Å². The van der Waals surface area contributed by atoms with Crippen molar-refractivity contribution in [3.05, 3.63) is 69.9 Å². The molecule has 0 radical (unpaired) electrons. The van der Waals surface area contributed by atoms with Gasteiger partial charge >= 0.3 is 0 Å². The molecule has 0 aliphatic heterocycles. The Hall–Kier alpha value is -1.48. The number of halogens is 2. The Morgan fingerprint density at radius 3 is 2.44 bits per heavy atom. The van der Waals surface area contributed by atoms with E-state index in [1.54, 1.807) is 6.07 Å². The Bertz CT molecular complexity index is 552. The van der Waals surface area contributed by atoms with Crippen LogP contribution < -0.4 is 0 Å². The zero-order valence-electron chi connectivity index (χ0n) is 9.70. The standard InChI is InChI=1S/C15H12BrFO/c16-15-10-13(17)7-6-12(15)9-14(18)8-11-4-2-1-3-5-11/h1-7,10H,8-9H2. The minimum atomic E-state index is -0.305. The van der Waals surface area contributed by atoms with E-state index in [2.05, 4.69) is 15.9 Å². The van der Waals surface area contributed by atoms with Gasteiger partial charge in [-0.25, -0.2) is 4.39 Å².